The van der Waals surface area contributed by atoms with Gasteiger partial charge in [-0.15, -0.1) is 0 Å². The van der Waals surface area contributed by atoms with E-state index in [0.29, 0.717) is 78.8 Å². The number of nitrogens with zero attached hydrogens (tertiary/aromatic N) is 5. The fourth-order valence-electron chi connectivity index (χ4n) is 8.55. The number of fused-ring (bicyclic) bond motifs is 5. The summed E-state index contributed by atoms with van der Waals surface area (Å²) in [5.74, 6) is -0.120. The number of hydrogen-bond donors (Lipinski definition) is 1. The summed E-state index contributed by atoms with van der Waals surface area (Å²) in [5, 5.41) is 11.8. The van der Waals surface area contributed by atoms with Crippen LogP contribution in [0.2, 0.25) is 0 Å². The van der Waals surface area contributed by atoms with Gasteiger partial charge in [0.15, 0.2) is 23.5 Å². The third kappa shape index (κ3) is 7.45. The Bertz CT molecular complexity index is 2470. The van der Waals surface area contributed by atoms with E-state index in [-0.39, 0.29) is 65.7 Å². The predicted molar refractivity (Wildman–Crippen MR) is 222 cm³/mol. The molecule has 0 saturated carbocycles. The number of aliphatic hydroxyl groups is 1. The number of ether oxygens (including phenoxy) is 5. The highest BCUT2D eigenvalue weighted by atomic mass is 16.6. The van der Waals surface area contributed by atoms with Crippen molar-refractivity contribution in [2.75, 3.05) is 45.4 Å². The van der Waals surface area contributed by atoms with Gasteiger partial charge in [0.1, 0.15) is 18.1 Å². The molecular weight excluding hydrogens is 787 g/mol. The lowest BCUT2D eigenvalue weighted by Gasteiger charge is -2.31. The molecule has 1 aliphatic carbocycles. The van der Waals surface area contributed by atoms with Crippen molar-refractivity contribution in [3.63, 3.8) is 0 Å². The Morgan fingerprint density at radius 3 is 2.28 bits per heavy atom. The van der Waals surface area contributed by atoms with Gasteiger partial charge in [0.2, 0.25) is 11.6 Å². The number of amides is 3. The van der Waals surface area contributed by atoms with Gasteiger partial charge in [0.25, 0.3) is 11.8 Å². The molecule has 4 aliphatic heterocycles. The van der Waals surface area contributed by atoms with Crippen molar-refractivity contribution < 1.29 is 52.8 Å². The van der Waals surface area contributed by atoms with E-state index in [0.717, 1.165) is 28.5 Å². The molecule has 8 rings (SSSR count). The average Bonchev–Trinajstić information content (AvgIpc) is 3.90. The number of benzene rings is 2. The number of unbranched alkanes of at least 4 members (excludes halogenated alkanes) is 2. The molecule has 3 amide bonds. The van der Waals surface area contributed by atoms with Gasteiger partial charge in [-0.2, -0.15) is 0 Å². The largest absolute Gasteiger partial charge is 0.493 e. The summed E-state index contributed by atoms with van der Waals surface area (Å²) >= 11 is 0. The van der Waals surface area contributed by atoms with Crippen molar-refractivity contribution in [2.45, 2.75) is 63.9 Å². The first kappa shape index (κ1) is 41.1. The van der Waals surface area contributed by atoms with Crippen LogP contribution in [0.1, 0.15) is 84.9 Å². The maximum Gasteiger partial charge on any atom is 0.416 e. The standard InChI is InChI=1S/C45H47N5O11/c1-24-12-27-20-46-32-17-38(37(57-5)16-29(32)42(53)48(27)21-24)60-11-9-7-8-10-59-36-18-33-30(14-26(36)3)43(54)49-22-25(2)13-34(49)44(55)50(33)45(56)61-23-28-15-31-40(47(28)4)35(51)19-39(58-6)41(31)52/h14-20,27,34,44,55H,1-2,7-13,21-23H2,3-6H3/t27-,34-,44?/m0/s1. The summed E-state index contributed by atoms with van der Waals surface area (Å²) in [6, 6.07) is 7.21. The molecule has 2 saturated heterocycles. The topological polar surface area (TPSA) is 179 Å². The van der Waals surface area contributed by atoms with Crippen LogP contribution in [0.15, 0.2) is 71.5 Å². The maximum atomic E-state index is 14.0. The number of anilines is 1. The lowest BCUT2D eigenvalue weighted by atomic mass is 10.0. The molecule has 5 aliphatic rings. The average molecular weight is 834 g/mol. The fourth-order valence-corrected chi connectivity index (χ4v) is 8.55. The number of allylic oxidation sites excluding steroid dienone is 2. The van der Waals surface area contributed by atoms with Crippen LogP contribution in [0, 0.1) is 6.92 Å². The number of aliphatic hydroxyl groups excluding tert-OH is 1. The van der Waals surface area contributed by atoms with Gasteiger partial charge in [0, 0.05) is 44.6 Å². The van der Waals surface area contributed by atoms with Crippen LogP contribution >= 0.6 is 0 Å². The van der Waals surface area contributed by atoms with Crippen molar-refractivity contribution in [3.8, 4) is 17.2 Å². The minimum atomic E-state index is -1.49. The van der Waals surface area contributed by atoms with E-state index in [9.17, 15) is 29.1 Å². The number of ketones is 2. The number of hydrogen-bond acceptors (Lipinski definition) is 12. The van der Waals surface area contributed by atoms with Crippen LogP contribution in [-0.4, -0.2) is 114 Å². The van der Waals surface area contributed by atoms with Gasteiger partial charge in [-0.3, -0.25) is 24.2 Å². The van der Waals surface area contributed by atoms with Gasteiger partial charge >= 0.3 is 6.09 Å². The smallest absolute Gasteiger partial charge is 0.416 e. The van der Waals surface area contributed by atoms with Crippen LogP contribution in [0.4, 0.5) is 16.2 Å². The van der Waals surface area contributed by atoms with Crippen molar-refractivity contribution in [3.05, 3.63) is 100 Å². The highest BCUT2D eigenvalue weighted by molar-refractivity contribution is 6.23. The van der Waals surface area contributed by atoms with E-state index in [2.05, 4.69) is 18.2 Å². The maximum absolute atomic E-state index is 14.0. The summed E-state index contributed by atoms with van der Waals surface area (Å²) in [6.45, 7) is 10.9. The number of methoxy groups -OCH3 is 2. The number of carbonyl (C=O) groups is 5. The van der Waals surface area contributed by atoms with Crippen LogP contribution in [-0.2, 0) is 23.1 Å². The van der Waals surface area contributed by atoms with E-state index >= 15 is 0 Å². The quantitative estimate of drug-likeness (QED) is 0.177. The summed E-state index contributed by atoms with van der Waals surface area (Å²) in [6.07, 6.45) is 3.53. The first-order valence-electron chi connectivity index (χ1n) is 20.1. The summed E-state index contributed by atoms with van der Waals surface area (Å²) in [7, 11) is 4.42. The molecule has 0 bridgehead atoms. The van der Waals surface area contributed by atoms with Gasteiger partial charge in [0.05, 0.1) is 73.3 Å². The molecule has 3 aromatic rings. The van der Waals surface area contributed by atoms with Crippen LogP contribution in [0.25, 0.3) is 0 Å². The number of aryl methyl sites for hydroxylation is 1. The van der Waals surface area contributed by atoms with Crippen LogP contribution < -0.4 is 19.1 Å². The van der Waals surface area contributed by atoms with Crippen molar-refractivity contribution in [2.24, 2.45) is 12.0 Å². The van der Waals surface area contributed by atoms with Crippen molar-refractivity contribution in [1.29, 1.82) is 0 Å². The highest BCUT2D eigenvalue weighted by Gasteiger charge is 2.46. The van der Waals surface area contributed by atoms with Crippen LogP contribution in [0.3, 0.4) is 0 Å². The molecule has 318 valence electrons. The van der Waals surface area contributed by atoms with Crippen molar-refractivity contribution in [1.82, 2.24) is 14.4 Å². The number of Topliss-reactive ketones (excluding diaryl/α,β-unsaturated/α-hetero) is 1. The Kier molecular flexibility index (Phi) is 11.0. The zero-order valence-electron chi connectivity index (χ0n) is 34.5. The lowest BCUT2D eigenvalue weighted by Crippen LogP contribution is -2.50. The molecule has 0 radical (unpaired) electrons. The van der Waals surface area contributed by atoms with Crippen LogP contribution in [0.5, 0.6) is 17.2 Å². The summed E-state index contributed by atoms with van der Waals surface area (Å²) in [5.41, 5.74) is 4.30. The number of carbonyl (C=O) groups excluding carboxylic acids is 5. The molecule has 1 N–H and O–H groups in total. The lowest BCUT2D eigenvalue weighted by molar-refractivity contribution is 0.0484. The summed E-state index contributed by atoms with van der Waals surface area (Å²) < 4.78 is 30.2. The third-order valence-corrected chi connectivity index (χ3v) is 11.8. The number of aromatic nitrogens is 1. The molecule has 2 aromatic carbocycles. The van der Waals surface area contributed by atoms with E-state index in [1.807, 2.05) is 0 Å². The Labute approximate surface area is 352 Å². The molecule has 1 aromatic heterocycles. The van der Waals surface area contributed by atoms with E-state index in [1.54, 1.807) is 49.4 Å². The Balaban J connectivity index is 0.927. The van der Waals surface area contributed by atoms with Gasteiger partial charge in [-0.05, 0) is 62.8 Å². The van der Waals surface area contributed by atoms with E-state index in [4.69, 9.17) is 23.7 Å². The number of rotatable bonds is 12. The molecule has 2 fully saturated rings. The minimum Gasteiger partial charge on any atom is -0.493 e. The number of aliphatic imine (C=N–C) groups is 1. The zero-order chi connectivity index (χ0) is 43.3. The molecule has 61 heavy (non-hydrogen) atoms. The van der Waals surface area contributed by atoms with E-state index < -0.39 is 29.9 Å². The molecule has 3 atom stereocenters. The zero-order valence-corrected chi connectivity index (χ0v) is 34.5. The Morgan fingerprint density at radius 2 is 1.54 bits per heavy atom. The Morgan fingerprint density at radius 1 is 0.836 bits per heavy atom. The highest BCUT2D eigenvalue weighted by Crippen LogP contribution is 2.41. The first-order chi connectivity index (χ1) is 29.3. The molecule has 1 unspecified atom stereocenters. The fraction of sp³-hybridized carbons (Fsp3) is 0.378. The normalized spacial score (nSPS) is 20.4. The second-order valence-electron chi connectivity index (χ2n) is 15.8. The molecular formula is C45H47N5O11. The second-order valence-corrected chi connectivity index (χ2v) is 15.8. The SMILES string of the molecule is C=C1C[C@H]2C=Nc3cc(OCCCCCOc4cc5c(cc4C)C(=O)N4CC(=C)C[C@H]4C(O)N5C(=O)OCc4cc5c(n4C)C(=O)C=C(OC)C5=O)c(OC)cc3C(=O)N2C1. The van der Waals surface area contributed by atoms with Gasteiger partial charge < -0.3 is 43.2 Å². The molecule has 5 heterocycles. The summed E-state index contributed by atoms with van der Waals surface area (Å²) in [4.78, 5) is 76.0. The monoisotopic (exact) mass is 833 g/mol. The Hall–Kier alpha value is -6.68. The predicted octanol–water partition coefficient (Wildman–Crippen LogP) is 5.61. The second kappa shape index (κ2) is 16.4. The molecule has 16 nitrogen and oxygen atoms in total. The van der Waals surface area contributed by atoms with Gasteiger partial charge in [-0.25, -0.2) is 9.69 Å². The van der Waals surface area contributed by atoms with E-state index in [1.165, 1.54) is 29.8 Å². The van der Waals surface area contributed by atoms with Crippen molar-refractivity contribution >= 4 is 47.1 Å². The minimum absolute atomic E-state index is 0.0905. The third-order valence-electron chi connectivity index (χ3n) is 11.8. The molecule has 16 heteroatoms. The first-order valence-corrected chi connectivity index (χ1v) is 20.1. The van der Waals surface area contributed by atoms with Gasteiger partial charge in [-0.1, -0.05) is 24.3 Å². The molecule has 0 spiro atoms.